The average molecular weight is 386 g/mol. The molecule has 2 aromatic carbocycles. The molecule has 0 aliphatic carbocycles. The first kappa shape index (κ1) is 19.3. The zero-order chi connectivity index (χ0) is 20.4. The number of aliphatic carboxylic acids is 1. The number of hydrogen-bond acceptors (Lipinski definition) is 4. The lowest BCUT2D eigenvalue weighted by Gasteiger charge is -2.29. The topological polar surface area (TPSA) is 95.9 Å². The SMILES string of the molecule is CC(C)C(C(=O)O)N1CC(=O)Nc2ccc(Oc3ccc(F)cc3)cc2C1=O. The minimum absolute atomic E-state index is 0.123. The van der Waals surface area contributed by atoms with Crippen LogP contribution in [0.2, 0.25) is 0 Å². The minimum atomic E-state index is -1.18. The summed E-state index contributed by atoms with van der Waals surface area (Å²) in [6.45, 7) is 2.98. The van der Waals surface area contributed by atoms with Gasteiger partial charge in [0.15, 0.2) is 0 Å². The Hall–Kier alpha value is -3.42. The summed E-state index contributed by atoms with van der Waals surface area (Å²) in [5.74, 6) is -2.38. The summed E-state index contributed by atoms with van der Waals surface area (Å²) in [4.78, 5) is 38.0. The molecule has 0 aromatic heterocycles. The fraction of sp³-hybridized carbons (Fsp3) is 0.250. The second kappa shape index (κ2) is 7.67. The molecule has 0 saturated heterocycles. The Morgan fingerprint density at radius 1 is 1.14 bits per heavy atom. The molecule has 2 amide bonds. The van der Waals surface area contributed by atoms with Crippen LogP contribution < -0.4 is 10.1 Å². The van der Waals surface area contributed by atoms with Gasteiger partial charge in [0.25, 0.3) is 5.91 Å². The maximum Gasteiger partial charge on any atom is 0.326 e. The van der Waals surface area contributed by atoms with E-state index < -0.39 is 35.6 Å². The van der Waals surface area contributed by atoms with Crippen LogP contribution in [-0.2, 0) is 9.59 Å². The summed E-state index contributed by atoms with van der Waals surface area (Å²) in [5, 5.41) is 12.1. The summed E-state index contributed by atoms with van der Waals surface area (Å²) < 4.78 is 18.7. The van der Waals surface area contributed by atoms with Crippen LogP contribution in [0.4, 0.5) is 10.1 Å². The molecule has 1 heterocycles. The maximum atomic E-state index is 13.0. The highest BCUT2D eigenvalue weighted by Crippen LogP contribution is 2.30. The van der Waals surface area contributed by atoms with Crippen molar-refractivity contribution in [2.45, 2.75) is 19.9 Å². The van der Waals surface area contributed by atoms with Gasteiger partial charge in [0, 0.05) is 0 Å². The van der Waals surface area contributed by atoms with Crippen LogP contribution >= 0.6 is 0 Å². The van der Waals surface area contributed by atoms with Gasteiger partial charge in [-0.1, -0.05) is 13.8 Å². The van der Waals surface area contributed by atoms with Crippen LogP contribution in [0.3, 0.4) is 0 Å². The normalized spacial score (nSPS) is 14.9. The number of ether oxygens (including phenoxy) is 1. The molecule has 2 aromatic rings. The van der Waals surface area contributed by atoms with E-state index in [1.54, 1.807) is 19.9 Å². The van der Waals surface area contributed by atoms with Crippen molar-refractivity contribution in [3.05, 3.63) is 53.8 Å². The second-order valence-electron chi connectivity index (χ2n) is 6.77. The molecule has 1 unspecified atom stereocenters. The Bertz CT molecular complexity index is 927. The van der Waals surface area contributed by atoms with E-state index in [-0.39, 0.29) is 17.8 Å². The number of carboxylic acids is 1. The van der Waals surface area contributed by atoms with Gasteiger partial charge in [-0.15, -0.1) is 0 Å². The summed E-state index contributed by atoms with van der Waals surface area (Å²) in [6.07, 6.45) is 0. The van der Waals surface area contributed by atoms with Crippen molar-refractivity contribution in [2.24, 2.45) is 5.92 Å². The fourth-order valence-corrected chi connectivity index (χ4v) is 3.09. The Balaban J connectivity index is 1.97. The van der Waals surface area contributed by atoms with Crippen molar-refractivity contribution < 1.29 is 28.6 Å². The summed E-state index contributed by atoms with van der Waals surface area (Å²) in [5.41, 5.74) is 0.397. The first-order valence-corrected chi connectivity index (χ1v) is 8.67. The lowest BCUT2D eigenvalue weighted by Crippen LogP contribution is -2.49. The highest BCUT2D eigenvalue weighted by molar-refractivity contribution is 6.09. The van der Waals surface area contributed by atoms with Gasteiger partial charge in [-0.2, -0.15) is 0 Å². The molecule has 1 atom stereocenters. The molecule has 8 heteroatoms. The van der Waals surface area contributed by atoms with Crippen LogP contribution in [0.15, 0.2) is 42.5 Å². The molecule has 3 rings (SSSR count). The van der Waals surface area contributed by atoms with Crippen molar-refractivity contribution in [3.63, 3.8) is 0 Å². The number of halogens is 1. The van der Waals surface area contributed by atoms with E-state index in [1.165, 1.54) is 36.4 Å². The van der Waals surface area contributed by atoms with Crippen LogP contribution in [0, 0.1) is 11.7 Å². The van der Waals surface area contributed by atoms with Crippen LogP contribution in [0.25, 0.3) is 0 Å². The van der Waals surface area contributed by atoms with Gasteiger partial charge >= 0.3 is 5.97 Å². The summed E-state index contributed by atoms with van der Waals surface area (Å²) in [7, 11) is 0. The number of carbonyl (C=O) groups is 3. The van der Waals surface area contributed by atoms with Crippen molar-refractivity contribution in [1.82, 2.24) is 4.90 Å². The first-order valence-electron chi connectivity index (χ1n) is 8.67. The highest BCUT2D eigenvalue weighted by Gasteiger charge is 2.37. The number of benzene rings is 2. The molecular formula is C20H19FN2O5. The van der Waals surface area contributed by atoms with E-state index in [0.717, 1.165) is 4.90 Å². The Morgan fingerprint density at radius 2 is 1.79 bits per heavy atom. The Labute approximate surface area is 160 Å². The van der Waals surface area contributed by atoms with Crippen molar-refractivity contribution >= 4 is 23.5 Å². The van der Waals surface area contributed by atoms with Crippen molar-refractivity contribution in [2.75, 3.05) is 11.9 Å². The number of hydrogen-bond donors (Lipinski definition) is 2. The van der Waals surface area contributed by atoms with E-state index in [1.807, 2.05) is 0 Å². The second-order valence-corrected chi connectivity index (χ2v) is 6.77. The number of carbonyl (C=O) groups excluding carboxylic acids is 2. The molecular weight excluding hydrogens is 367 g/mol. The number of carboxylic acid groups (broad SMARTS) is 1. The van der Waals surface area contributed by atoms with Crippen molar-refractivity contribution in [3.8, 4) is 11.5 Å². The van der Waals surface area contributed by atoms with Gasteiger partial charge in [0.05, 0.1) is 11.3 Å². The number of anilines is 1. The predicted octanol–water partition coefficient (Wildman–Crippen LogP) is 3.12. The van der Waals surface area contributed by atoms with Crippen LogP contribution in [-0.4, -0.2) is 40.4 Å². The molecule has 1 aliphatic rings. The third-order valence-corrected chi connectivity index (χ3v) is 4.34. The molecule has 7 nitrogen and oxygen atoms in total. The first-order chi connectivity index (χ1) is 13.3. The molecule has 1 aliphatic heterocycles. The summed E-state index contributed by atoms with van der Waals surface area (Å²) >= 11 is 0. The minimum Gasteiger partial charge on any atom is -0.480 e. The maximum absolute atomic E-state index is 13.0. The molecule has 2 N–H and O–H groups in total. The van der Waals surface area contributed by atoms with Gasteiger partial charge in [0.1, 0.15) is 29.9 Å². The average Bonchev–Trinajstić information content (AvgIpc) is 2.74. The zero-order valence-electron chi connectivity index (χ0n) is 15.3. The van der Waals surface area contributed by atoms with Gasteiger partial charge in [-0.05, 0) is 48.4 Å². The largest absolute Gasteiger partial charge is 0.480 e. The third-order valence-electron chi connectivity index (χ3n) is 4.34. The number of amides is 2. The van der Waals surface area contributed by atoms with Gasteiger partial charge in [-0.25, -0.2) is 9.18 Å². The fourth-order valence-electron chi connectivity index (χ4n) is 3.09. The molecule has 0 fully saturated rings. The third kappa shape index (κ3) is 3.95. The molecule has 0 saturated carbocycles. The Morgan fingerprint density at radius 3 is 2.39 bits per heavy atom. The quantitative estimate of drug-likeness (QED) is 0.823. The van der Waals surface area contributed by atoms with Gasteiger partial charge in [0.2, 0.25) is 5.91 Å². The monoisotopic (exact) mass is 386 g/mol. The number of nitrogens with one attached hydrogen (secondary N) is 1. The van der Waals surface area contributed by atoms with Gasteiger partial charge in [-0.3, -0.25) is 9.59 Å². The van der Waals surface area contributed by atoms with Crippen molar-refractivity contribution in [1.29, 1.82) is 0 Å². The van der Waals surface area contributed by atoms with E-state index in [9.17, 15) is 23.9 Å². The molecule has 0 bridgehead atoms. The van der Waals surface area contributed by atoms with Gasteiger partial charge < -0.3 is 20.1 Å². The van der Waals surface area contributed by atoms with E-state index >= 15 is 0 Å². The number of nitrogens with zero attached hydrogens (tertiary/aromatic N) is 1. The highest BCUT2D eigenvalue weighted by atomic mass is 19.1. The molecule has 0 radical (unpaired) electrons. The van der Waals surface area contributed by atoms with Crippen LogP contribution in [0.5, 0.6) is 11.5 Å². The van der Waals surface area contributed by atoms with E-state index in [0.29, 0.717) is 11.5 Å². The lowest BCUT2D eigenvalue weighted by molar-refractivity contribution is -0.144. The smallest absolute Gasteiger partial charge is 0.326 e. The zero-order valence-corrected chi connectivity index (χ0v) is 15.3. The summed E-state index contributed by atoms with van der Waals surface area (Å²) in [6, 6.07) is 8.72. The molecule has 146 valence electrons. The number of rotatable bonds is 5. The molecule has 28 heavy (non-hydrogen) atoms. The Kier molecular flexibility index (Phi) is 5.30. The lowest BCUT2D eigenvalue weighted by atomic mass is 10.0. The van der Waals surface area contributed by atoms with Crippen LogP contribution in [0.1, 0.15) is 24.2 Å². The van der Waals surface area contributed by atoms with E-state index in [4.69, 9.17) is 4.74 Å². The standard InChI is InChI=1S/C20H19FN2O5/c1-11(2)18(20(26)27)23-10-17(24)22-16-8-7-14(9-15(16)19(23)25)28-13-5-3-12(21)4-6-13/h3-9,11,18H,10H2,1-2H3,(H,22,24)(H,26,27). The number of fused-ring (bicyclic) bond motifs is 1. The predicted molar refractivity (Wildman–Crippen MR) is 98.8 cm³/mol. The molecule has 0 spiro atoms. The van der Waals surface area contributed by atoms with E-state index in [2.05, 4.69) is 5.32 Å².